The standard InChI is InChI=1S/C14H22N4O2/c1-3-5-7-18(8-6-4-2)14(20)12-10-16-11(9-17-12)13(15)19/h9-10H,3-8H2,1-2H3,(H2,15,19). The summed E-state index contributed by atoms with van der Waals surface area (Å²) in [6.45, 7) is 5.61. The van der Waals surface area contributed by atoms with Crippen LogP contribution in [0, 0.1) is 0 Å². The molecule has 0 aliphatic rings. The molecule has 0 bridgehead atoms. The first-order valence-corrected chi connectivity index (χ1v) is 7.01. The maximum absolute atomic E-state index is 12.3. The molecule has 6 heteroatoms. The molecule has 0 radical (unpaired) electrons. The molecule has 0 saturated heterocycles. The van der Waals surface area contributed by atoms with E-state index < -0.39 is 5.91 Å². The number of hydrogen-bond acceptors (Lipinski definition) is 4. The summed E-state index contributed by atoms with van der Waals surface area (Å²) in [5, 5.41) is 0. The molecule has 1 aromatic rings. The molecule has 110 valence electrons. The van der Waals surface area contributed by atoms with Crippen molar-refractivity contribution in [1.29, 1.82) is 0 Å². The Morgan fingerprint density at radius 1 is 1.05 bits per heavy atom. The lowest BCUT2D eigenvalue weighted by molar-refractivity contribution is 0.0744. The zero-order chi connectivity index (χ0) is 15.0. The van der Waals surface area contributed by atoms with Crippen molar-refractivity contribution in [2.45, 2.75) is 39.5 Å². The number of carbonyl (C=O) groups excluding carboxylic acids is 2. The number of hydrogen-bond donors (Lipinski definition) is 1. The molecule has 1 heterocycles. The summed E-state index contributed by atoms with van der Waals surface area (Å²) < 4.78 is 0. The lowest BCUT2D eigenvalue weighted by Crippen LogP contribution is -2.33. The minimum absolute atomic E-state index is 0.0650. The van der Waals surface area contributed by atoms with Crippen LogP contribution in [0.25, 0.3) is 0 Å². The molecule has 0 atom stereocenters. The Bertz CT molecular complexity index is 437. The molecule has 0 aliphatic carbocycles. The van der Waals surface area contributed by atoms with Crippen LogP contribution in [0.2, 0.25) is 0 Å². The van der Waals surface area contributed by atoms with E-state index in [1.807, 2.05) is 0 Å². The van der Waals surface area contributed by atoms with Gasteiger partial charge in [0.15, 0.2) is 0 Å². The Labute approximate surface area is 119 Å². The van der Waals surface area contributed by atoms with E-state index in [1.165, 1.54) is 12.4 Å². The van der Waals surface area contributed by atoms with Gasteiger partial charge in [-0.2, -0.15) is 0 Å². The van der Waals surface area contributed by atoms with Gasteiger partial charge in [0.2, 0.25) is 0 Å². The first-order valence-electron chi connectivity index (χ1n) is 7.01. The van der Waals surface area contributed by atoms with Crippen molar-refractivity contribution in [2.24, 2.45) is 5.73 Å². The van der Waals surface area contributed by atoms with Crippen molar-refractivity contribution in [2.75, 3.05) is 13.1 Å². The number of aromatic nitrogens is 2. The van der Waals surface area contributed by atoms with Gasteiger partial charge in [0.05, 0.1) is 12.4 Å². The van der Waals surface area contributed by atoms with Gasteiger partial charge in [-0.15, -0.1) is 0 Å². The molecule has 0 aliphatic heterocycles. The summed E-state index contributed by atoms with van der Waals surface area (Å²) in [7, 11) is 0. The van der Waals surface area contributed by atoms with Crippen molar-refractivity contribution in [3.8, 4) is 0 Å². The molecule has 20 heavy (non-hydrogen) atoms. The molecule has 0 saturated carbocycles. The highest BCUT2D eigenvalue weighted by Gasteiger charge is 2.17. The van der Waals surface area contributed by atoms with Gasteiger partial charge in [0.25, 0.3) is 11.8 Å². The molecule has 2 N–H and O–H groups in total. The van der Waals surface area contributed by atoms with Gasteiger partial charge in [-0.25, -0.2) is 9.97 Å². The smallest absolute Gasteiger partial charge is 0.274 e. The van der Waals surface area contributed by atoms with Crippen LogP contribution in [0.3, 0.4) is 0 Å². The number of carbonyl (C=O) groups is 2. The van der Waals surface area contributed by atoms with Crippen LogP contribution in [-0.4, -0.2) is 39.8 Å². The minimum atomic E-state index is -0.648. The van der Waals surface area contributed by atoms with Gasteiger partial charge in [0, 0.05) is 13.1 Å². The predicted molar refractivity (Wildman–Crippen MR) is 76.3 cm³/mol. The second-order valence-corrected chi connectivity index (χ2v) is 4.65. The molecule has 2 amide bonds. The zero-order valence-electron chi connectivity index (χ0n) is 12.1. The summed E-state index contributed by atoms with van der Waals surface area (Å²) in [5.74, 6) is -0.791. The molecule has 1 aromatic heterocycles. The minimum Gasteiger partial charge on any atom is -0.364 e. The number of rotatable bonds is 8. The second-order valence-electron chi connectivity index (χ2n) is 4.65. The number of unbranched alkanes of at least 4 members (excludes halogenated alkanes) is 2. The number of primary amides is 1. The summed E-state index contributed by atoms with van der Waals surface area (Å²) in [4.78, 5) is 32.9. The zero-order valence-corrected chi connectivity index (χ0v) is 12.1. The van der Waals surface area contributed by atoms with E-state index in [2.05, 4.69) is 23.8 Å². The molecule has 1 rings (SSSR count). The van der Waals surface area contributed by atoms with Gasteiger partial charge in [-0.1, -0.05) is 26.7 Å². The van der Waals surface area contributed by atoms with Crippen molar-refractivity contribution < 1.29 is 9.59 Å². The van der Waals surface area contributed by atoms with Crippen molar-refractivity contribution in [3.63, 3.8) is 0 Å². The SMILES string of the molecule is CCCCN(CCCC)C(=O)c1cnc(C(N)=O)cn1. The maximum atomic E-state index is 12.3. The number of amides is 2. The first kappa shape index (κ1) is 16.1. The van der Waals surface area contributed by atoms with Crippen LogP contribution in [0.4, 0.5) is 0 Å². The molecule has 0 fully saturated rings. The summed E-state index contributed by atoms with van der Waals surface area (Å²) in [5.41, 5.74) is 5.41. The maximum Gasteiger partial charge on any atom is 0.274 e. The van der Waals surface area contributed by atoms with Crippen LogP contribution in [0.5, 0.6) is 0 Å². The van der Waals surface area contributed by atoms with E-state index in [-0.39, 0.29) is 17.3 Å². The van der Waals surface area contributed by atoms with Gasteiger partial charge >= 0.3 is 0 Å². The average Bonchev–Trinajstić information content (AvgIpc) is 2.47. The van der Waals surface area contributed by atoms with Gasteiger partial charge in [-0.05, 0) is 12.8 Å². The Morgan fingerprint density at radius 2 is 1.55 bits per heavy atom. The van der Waals surface area contributed by atoms with Gasteiger partial charge < -0.3 is 10.6 Å². The number of nitrogens with zero attached hydrogens (tertiary/aromatic N) is 3. The predicted octanol–water partition coefficient (Wildman–Crippen LogP) is 1.62. The molecule has 6 nitrogen and oxygen atoms in total. The highest BCUT2D eigenvalue weighted by atomic mass is 16.2. The van der Waals surface area contributed by atoms with E-state index in [9.17, 15) is 9.59 Å². The first-order chi connectivity index (χ1) is 9.60. The highest BCUT2D eigenvalue weighted by Crippen LogP contribution is 2.06. The fourth-order valence-corrected chi connectivity index (χ4v) is 1.74. The van der Waals surface area contributed by atoms with Crippen molar-refractivity contribution >= 4 is 11.8 Å². The Kier molecular flexibility index (Phi) is 6.63. The van der Waals surface area contributed by atoms with Crippen molar-refractivity contribution in [3.05, 3.63) is 23.8 Å². The molecule has 0 unspecified atom stereocenters. The normalized spacial score (nSPS) is 10.3. The van der Waals surface area contributed by atoms with Crippen LogP contribution < -0.4 is 5.73 Å². The third-order valence-corrected chi connectivity index (χ3v) is 2.97. The fourth-order valence-electron chi connectivity index (χ4n) is 1.74. The van der Waals surface area contributed by atoms with Gasteiger partial charge in [-0.3, -0.25) is 9.59 Å². The third kappa shape index (κ3) is 4.60. The second kappa shape index (κ2) is 8.24. The Balaban J connectivity index is 2.78. The quantitative estimate of drug-likeness (QED) is 0.782. The summed E-state index contributed by atoms with van der Waals surface area (Å²) >= 11 is 0. The summed E-state index contributed by atoms with van der Waals surface area (Å²) in [6.07, 6.45) is 6.54. The van der Waals surface area contributed by atoms with E-state index in [4.69, 9.17) is 5.73 Å². The fraction of sp³-hybridized carbons (Fsp3) is 0.571. The molecule has 0 spiro atoms. The van der Waals surface area contributed by atoms with Crippen LogP contribution >= 0.6 is 0 Å². The summed E-state index contributed by atoms with van der Waals surface area (Å²) in [6, 6.07) is 0. The van der Waals surface area contributed by atoms with Crippen LogP contribution in [-0.2, 0) is 0 Å². The van der Waals surface area contributed by atoms with E-state index >= 15 is 0 Å². The number of nitrogens with two attached hydrogens (primary N) is 1. The van der Waals surface area contributed by atoms with E-state index in [0.29, 0.717) is 13.1 Å². The monoisotopic (exact) mass is 278 g/mol. The van der Waals surface area contributed by atoms with Crippen LogP contribution in [0.15, 0.2) is 12.4 Å². The average molecular weight is 278 g/mol. The van der Waals surface area contributed by atoms with Gasteiger partial charge in [0.1, 0.15) is 11.4 Å². The Morgan fingerprint density at radius 3 is 1.95 bits per heavy atom. The third-order valence-electron chi connectivity index (χ3n) is 2.97. The largest absolute Gasteiger partial charge is 0.364 e. The highest BCUT2D eigenvalue weighted by molar-refractivity contribution is 5.93. The topological polar surface area (TPSA) is 89.2 Å². The van der Waals surface area contributed by atoms with E-state index in [0.717, 1.165) is 25.7 Å². The van der Waals surface area contributed by atoms with Crippen molar-refractivity contribution in [1.82, 2.24) is 14.9 Å². The lowest BCUT2D eigenvalue weighted by atomic mass is 10.2. The molecular weight excluding hydrogens is 256 g/mol. The van der Waals surface area contributed by atoms with Crippen LogP contribution in [0.1, 0.15) is 60.5 Å². The van der Waals surface area contributed by atoms with E-state index in [1.54, 1.807) is 4.90 Å². The molecule has 0 aromatic carbocycles. The molecular formula is C14H22N4O2. The lowest BCUT2D eigenvalue weighted by Gasteiger charge is -2.21. The Hall–Kier alpha value is -1.98.